The highest BCUT2D eigenvalue weighted by molar-refractivity contribution is 7.89. The minimum absolute atomic E-state index is 0.119. The SMILES string of the molecule is NS(=O)(=O)C1CCCN(C(=O)c2cnccn2)C1. The van der Waals surface area contributed by atoms with E-state index >= 15 is 0 Å². The number of hydrogen-bond donors (Lipinski definition) is 1. The van der Waals surface area contributed by atoms with Gasteiger partial charge in [0.25, 0.3) is 5.91 Å². The van der Waals surface area contributed by atoms with Gasteiger partial charge in [0.05, 0.1) is 11.4 Å². The summed E-state index contributed by atoms with van der Waals surface area (Å²) in [5.41, 5.74) is 0.215. The first-order valence-electron chi connectivity index (χ1n) is 5.55. The van der Waals surface area contributed by atoms with Gasteiger partial charge in [0.1, 0.15) is 5.69 Å². The summed E-state index contributed by atoms with van der Waals surface area (Å²) in [6.45, 7) is 0.635. The summed E-state index contributed by atoms with van der Waals surface area (Å²) >= 11 is 0. The van der Waals surface area contributed by atoms with Gasteiger partial charge >= 0.3 is 0 Å². The maximum Gasteiger partial charge on any atom is 0.274 e. The van der Waals surface area contributed by atoms with Gasteiger partial charge in [-0.25, -0.2) is 18.5 Å². The molecule has 1 aliphatic rings. The number of rotatable bonds is 2. The third-order valence-electron chi connectivity index (χ3n) is 2.91. The molecule has 0 aliphatic carbocycles. The van der Waals surface area contributed by atoms with Crippen LogP contribution in [0.2, 0.25) is 0 Å². The van der Waals surface area contributed by atoms with E-state index in [1.54, 1.807) is 0 Å². The van der Waals surface area contributed by atoms with E-state index in [0.29, 0.717) is 19.4 Å². The van der Waals surface area contributed by atoms with Crippen LogP contribution in [-0.2, 0) is 10.0 Å². The zero-order chi connectivity index (χ0) is 13.2. The molecule has 0 aromatic carbocycles. The predicted octanol–water partition coefficient (Wildman–Crippen LogP) is -0.630. The molecule has 0 saturated carbocycles. The summed E-state index contributed by atoms with van der Waals surface area (Å²) in [6, 6.07) is 0. The highest BCUT2D eigenvalue weighted by Crippen LogP contribution is 2.16. The molecule has 98 valence electrons. The Morgan fingerprint density at radius 2 is 2.22 bits per heavy atom. The molecule has 2 N–H and O–H groups in total. The molecule has 1 saturated heterocycles. The fraction of sp³-hybridized carbons (Fsp3) is 0.500. The van der Waals surface area contributed by atoms with Gasteiger partial charge in [-0.05, 0) is 12.8 Å². The molecule has 0 radical (unpaired) electrons. The summed E-state index contributed by atoms with van der Waals surface area (Å²) in [4.78, 5) is 21.2. The molecule has 2 heterocycles. The second kappa shape index (κ2) is 4.99. The third kappa shape index (κ3) is 2.82. The first-order chi connectivity index (χ1) is 8.48. The number of primary sulfonamides is 1. The van der Waals surface area contributed by atoms with Crippen LogP contribution < -0.4 is 5.14 Å². The van der Waals surface area contributed by atoms with Crippen LogP contribution in [0, 0.1) is 0 Å². The van der Waals surface area contributed by atoms with Crippen LogP contribution in [0.1, 0.15) is 23.3 Å². The maximum atomic E-state index is 12.1. The lowest BCUT2D eigenvalue weighted by Crippen LogP contribution is -2.47. The molecule has 0 bridgehead atoms. The maximum absolute atomic E-state index is 12.1. The summed E-state index contributed by atoms with van der Waals surface area (Å²) in [5, 5.41) is 4.43. The van der Waals surface area contributed by atoms with Crippen molar-refractivity contribution in [3.63, 3.8) is 0 Å². The van der Waals surface area contributed by atoms with Crippen molar-refractivity contribution in [2.24, 2.45) is 5.14 Å². The summed E-state index contributed by atoms with van der Waals surface area (Å²) in [7, 11) is -3.60. The monoisotopic (exact) mass is 270 g/mol. The van der Waals surface area contributed by atoms with Crippen LogP contribution in [0.15, 0.2) is 18.6 Å². The molecule has 1 aromatic rings. The lowest BCUT2D eigenvalue weighted by atomic mass is 10.1. The van der Waals surface area contributed by atoms with Gasteiger partial charge in [-0.15, -0.1) is 0 Å². The number of carbonyl (C=O) groups excluding carboxylic acids is 1. The van der Waals surface area contributed by atoms with Crippen molar-refractivity contribution in [3.05, 3.63) is 24.3 Å². The summed E-state index contributed by atoms with van der Waals surface area (Å²) in [6.07, 6.45) is 5.37. The van der Waals surface area contributed by atoms with Crippen LogP contribution in [0.4, 0.5) is 0 Å². The number of nitrogens with zero attached hydrogens (tertiary/aromatic N) is 3. The molecule has 1 atom stereocenters. The largest absolute Gasteiger partial charge is 0.336 e. The zero-order valence-corrected chi connectivity index (χ0v) is 10.5. The Labute approximate surface area is 105 Å². The molecule has 2 rings (SSSR count). The first kappa shape index (κ1) is 12.9. The molecule has 1 aliphatic heterocycles. The first-order valence-corrected chi connectivity index (χ1v) is 7.16. The number of nitrogens with two attached hydrogens (primary N) is 1. The van der Waals surface area contributed by atoms with Gasteiger partial charge < -0.3 is 4.90 Å². The topological polar surface area (TPSA) is 106 Å². The highest BCUT2D eigenvalue weighted by Gasteiger charge is 2.31. The van der Waals surface area contributed by atoms with Crippen LogP contribution >= 0.6 is 0 Å². The van der Waals surface area contributed by atoms with Gasteiger partial charge in [-0.2, -0.15) is 0 Å². The molecule has 7 nitrogen and oxygen atoms in total. The standard InChI is InChI=1S/C10H14N4O3S/c11-18(16,17)8-2-1-5-14(7-8)10(15)9-6-12-3-4-13-9/h3-4,6,8H,1-2,5,7H2,(H2,11,16,17). The number of hydrogen-bond acceptors (Lipinski definition) is 5. The molecule has 1 unspecified atom stereocenters. The average Bonchev–Trinajstić information content (AvgIpc) is 2.38. The van der Waals surface area contributed by atoms with Crippen molar-refractivity contribution in [1.29, 1.82) is 0 Å². The molecule has 18 heavy (non-hydrogen) atoms. The second-order valence-corrected chi connectivity index (χ2v) is 6.04. The number of amides is 1. The Morgan fingerprint density at radius 1 is 1.44 bits per heavy atom. The van der Waals surface area contributed by atoms with Crippen LogP contribution in [0.5, 0.6) is 0 Å². The van der Waals surface area contributed by atoms with E-state index in [1.165, 1.54) is 23.5 Å². The number of aromatic nitrogens is 2. The molecule has 1 amide bonds. The van der Waals surface area contributed by atoms with E-state index in [-0.39, 0.29) is 18.1 Å². The lowest BCUT2D eigenvalue weighted by Gasteiger charge is -2.31. The zero-order valence-electron chi connectivity index (χ0n) is 9.69. The third-order valence-corrected chi connectivity index (χ3v) is 4.23. The minimum atomic E-state index is -3.60. The average molecular weight is 270 g/mol. The molecule has 0 spiro atoms. The summed E-state index contributed by atoms with van der Waals surface area (Å²) < 4.78 is 22.6. The second-order valence-electron chi connectivity index (χ2n) is 4.20. The Balaban J connectivity index is 2.13. The van der Waals surface area contributed by atoms with Gasteiger partial charge in [-0.3, -0.25) is 9.78 Å². The molecular weight excluding hydrogens is 256 g/mol. The van der Waals surface area contributed by atoms with E-state index in [1.807, 2.05) is 0 Å². The van der Waals surface area contributed by atoms with Crippen LogP contribution in [0.3, 0.4) is 0 Å². The van der Waals surface area contributed by atoms with Gasteiger partial charge in [0, 0.05) is 25.5 Å². The van der Waals surface area contributed by atoms with E-state index in [2.05, 4.69) is 9.97 Å². The number of likely N-dealkylation sites (tertiary alicyclic amines) is 1. The van der Waals surface area contributed by atoms with Gasteiger partial charge in [0.15, 0.2) is 0 Å². The summed E-state index contributed by atoms with van der Waals surface area (Å²) in [5.74, 6) is -0.309. The van der Waals surface area contributed by atoms with E-state index in [9.17, 15) is 13.2 Å². The van der Waals surface area contributed by atoms with Gasteiger partial charge in [0.2, 0.25) is 10.0 Å². The smallest absolute Gasteiger partial charge is 0.274 e. The Morgan fingerprint density at radius 3 is 2.83 bits per heavy atom. The van der Waals surface area contributed by atoms with Crippen molar-refractivity contribution >= 4 is 15.9 Å². The quantitative estimate of drug-likeness (QED) is 0.770. The predicted molar refractivity (Wildman–Crippen MR) is 64.1 cm³/mol. The Kier molecular flexibility index (Phi) is 3.58. The number of piperidine rings is 1. The van der Waals surface area contributed by atoms with Crippen molar-refractivity contribution in [3.8, 4) is 0 Å². The van der Waals surface area contributed by atoms with E-state index in [0.717, 1.165) is 0 Å². The Hall–Kier alpha value is -1.54. The normalized spacial score (nSPS) is 20.7. The van der Waals surface area contributed by atoms with E-state index < -0.39 is 15.3 Å². The Bertz CT molecular complexity index is 531. The van der Waals surface area contributed by atoms with Gasteiger partial charge in [-0.1, -0.05) is 0 Å². The lowest BCUT2D eigenvalue weighted by molar-refractivity contribution is 0.0720. The van der Waals surface area contributed by atoms with Crippen molar-refractivity contribution in [2.45, 2.75) is 18.1 Å². The molecular formula is C10H14N4O3S. The number of sulfonamides is 1. The highest BCUT2D eigenvalue weighted by atomic mass is 32.2. The fourth-order valence-electron chi connectivity index (χ4n) is 1.96. The van der Waals surface area contributed by atoms with Crippen LogP contribution in [0.25, 0.3) is 0 Å². The van der Waals surface area contributed by atoms with Crippen molar-refractivity contribution in [2.75, 3.05) is 13.1 Å². The number of carbonyl (C=O) groups is 1. The fourth-order valence-corrected chi connectivity index (χ4v) is 2.85. The molecule has 1 aromatic heterocycles. The van der Waals surface area contributed by atoms with E-state index in [4.69, 9.17) is 5.14 Å². The molecule has 1 fully saturated rings. The molecule has 8 heteroatoms. The van der Waals surface area contributed by atoms with Crippen molar-refractivity contribution < 1.29 is 13.2 Å². The minimum Gasteiger partial charge on any atom is -0.336 e. The van der Waals surface area contributed by atoms with Crippen LogP contribution in [-0.4, -0.2) is 47.5 Å². The van der Waals surface area contributed by atoms with Crippen molar-refractivity contribution in [1.82, 2.24) is 14.9 Å².